The van der Waals surface area contributed by atoms with Gasteiger partial charge in [-0.1, -0.05) is 36.4 Å². The lowest BCUT2D eigenvalue weighted by molar-refractivity contribution is -0.120. The van der Waals surface area contributed by atoms with Gasteiger partial charge in [0.1, 0.15) is 0 Å². The van der Waals surface area contributed by atoms with Crippen LogP contribution in [0.3, 0.4) is 0 Å². The fourth-order valence-corrected chi connectivity index (χ4v) is 4.71. The van der Waals surface area contributed by atoms with Gasteiger partial charge in [0.05, 0.1) is 10.9 Å². The fourth-order valence-electron chi connectivity index (χ4n) is 3.46. The van der Waals surface area contributed by atoms with Gasteiger partial charge in [-0.15, -0.1) is 0 Å². The third-order valence-corrected chi connectivity index (χ3v) is 6.81. The number of benzene rings is 2. The first kappa shape index (κ1) is 22.2. The average Bonchev–Trinajstić information content (AvgIpc) is 2.73. The van der Waals surface area contributed by atoms with Gasteiger partial charge in [0, 0.05) is 24.8 Å². The Bertz CT molecular complexity index is 1000. The van der Waals surface area contributed by atoms with Crippen LogP contribution < -0.4 is 10.0 Å². The van der Waals surface area contributed by atoms with Crippen molar-refractivity contribution in [3.8, 4) is 0 Å². The topological polar surface area (TPSA) is 78.5 Å². The number of hydrogen-bond acceptors (Lipinski definition) is 4. The van der Waals surface area contributed by atoms with Crippen LogP contribution in [0.2, 0.25) is 0 Å². The molecule has 1 heterocycles. The normalized spacial score (nSPS) is 16.2. The van der Waals surface area contributed by atoms with E-state index in [0.29, 0.717) is 5.69 Å². The van der Waals surface area contributed by atoms with Crippen LogP contribution in [-0.2, 0) is 14.8 Å². The van der Waals surface area contributed by atoms with E-state index in [1.807, 2.05) is 25.1 Å². The molecule has 2 aromatic rings. The Morgan fingerprint density at radius 2 is 1.67 bits per heavy atom. The molecule has 160 valence electrons. The quantitative estimate of drug-likeness (QED) is 0.709. The molecule has 2 aromatic carbocycles. The Morgan fingerprint density at radius 3 is 2.23 bits per heavy atom. The number of amides is 1. The van der Waals surface area contributed by atoms with Crippen LogP contribution in [0.15, 0.2) is 65.6 Å². The van der Waals surface area contributed by atoms with Crippen LogP contribution in [0.4, 0.5) is 5.69 Å². The first-order valence-corrected chi connectivity index (χ1v) is 11.7. The van der Waals surface area contributed by atoms with Crippen LogP contribution in [0.1, 0.15) is 32.8 Å². The number of carbonyl (C=O) groups is 1. The summed E-state index contributed by atoms with van der Waals surface area (Å²) in [5.74, 6) is -0.109. The average molecular weight is 428 g/mol. The second-order valence-electron chi connectivity index (χ2n) is 7.81. The minimum atomic E-state index is -3.54. The van der Waals surface area contributed by atoms with Gasteiger partial charge in [0.15, 0.2) is 0 Å². The first-order valence-electron chi connectivity index (χ1n) is 10.2. The lowest BCUT2D eigenvalue weighted by atomic mass is 9.99. The molecular weight excluding hydrogens is 398 g/mol. The monoisotopic (exact) mass is 427 g/mol. The van der Waals surface area contributed by atoms with Gasteiger partial charge in [-0.2, -0.15) is 0 Å². The molecule has 0 aromatic heterocycles. The van der Waals surface area contributed by atoms with Gasteiger partial charge in [-0.05, 0) is 62.6 Å². The minimum absolute atomic E-state index is 0.109. The molecule has 0 spiro atoms. The van der Waals surface area contributed by atoms with Gasteiger partial charge >= 0.3 is 0 Å². The zero-order valence-electron chi connectivity index (χ0n) is 17.6. The molecule has 6 nitrogen and oxygen atoms in total. The Kier molecular flexibility index (Phi) is 7.07. The molecule has 0 radical (unpaired) electrons. The molecule has 2 N–H and O–H groups in total. The number of carbonyl (C=O) groups excluding carboxylic acids is 1. The van der Waals surface area contributed by atoms with E-state index in [1.165, 1.54) is 23.3 Å². The summed E-state index contributed by atoms with van der Waals surface area (Å²) in [6.07, 6.45) is 3.08. The van der Waals surface area contributed by atoms with Crippen LogP contribution in [-0.4, -0.2) is 44.4 Å². The fraction of sp³-hybridized carbons (Fsp3) is 0.348. The Labute approximate surface area is 179 Å². The van der Waals surface area contributed by atoms with Crippen LogP contribution >= 0.6 is 0 Å². The second kappa shape index (κ2) is 9.55. The van der Waals surface area contributed by atoms with Gasteiger partial charge in [0.2, 0.25) is 15.9 Å². The second-order valence-corrected chi connectivity index (χ2v) is 9.52. The van der Waals surface area contributed by atoms with Crippen molar-refractivity contribution in [2.24, 2.45) is 0 Å². The summed E-state index contributed by atoms with van der Waals surface area (Å²) in [7, 11) is -3.54. The molecule has 0 saturated heterocycles. The number of anilines is 1. The summed E-state index contributed by atoms with van der Waals surface area (Å²) in [4.78, 5) is 15.0. The molecule has 1 aliphatic heterocycles. The SMILES string of the molecule is CC(C)NS(=O)(=O)c1ccc(NC(=O)[C@@H](C)N2CC=C(c3ccccc3)CC2)cc1. The van der Waals surface area contributed by atoms with Crippen molar-refractivity contribution in [2.45, 2.75) is 44.2 Å². The number of nitrogens with one attached hydrogen (secondary N) is 2. The molecule has 3 rings (SSSR count). The van der Waals surface area contributed by atoms with Crippen molar-refractivity contribution < 1.29 is 13.2 Å². The highest BCUT2D eigenvalue weighted by Gasteiger charge is 2.23. The van der Waals surface area contributed by atoms with Crippen molar-refractivity contribution in [1.82, 2.24) is 9.62 Å². The summed E-state index contributed by atoms with van der Waals surface area (Å²) >= 11 is 0. The highest BCUT2D eigenvalue weighted by atomic mass is 32.2. The Hall–Kier alpha value is -2.48. The molecule has 1 amide bonds. The predicted octanol–water partition coefficient (Wildman–Crippen LogP) is 3.49. The van der Waals surface area contributed by atoms with E-state index in [1.54, 1.807) is 26.0 Å². The molecule has 0 saturated carbocycles. The highest BCUT2D eigenvalue weighted by Crippen LogP contribution is 2.23. The summed E-state index contributed by atoms with van der Waals surface area (Å²) in [6.45, 7) is 6.96. The van der Waals surface area contributed by atoms with Crippen LogP contribution in [0.25, 0.3) is 5.57 Å². The van der Waals surface area contributed by atoms with Gasteiger partial charge < -0.3 is 5.32 Å². The largest absolute Gasteiger partial charge is 0.325 e. The lowest BCUT2D eigenvalue weighted by Gasteiger charge is -2.31. The van der Waals surface area contributed by atoms with Crippen molar-refractivity contribution in [3.63, 3.8) is 0 Å². The third kappa shape index (κ3) is 5.56. The Balaban J connectivity index is 1.59. The minimum Gasteiger partial charge on any atom is -0.325 e. The summed E-state index contributed by atoms with van der Waals surface area (Å²) in [5.41, 5.74) is 3.12. The van der Waals surface area contributed by atoms with E-state index in [2.05, 4.69) is 33.1 Å². The maximum atomic E-state index is 12.7. The highest BCUT2D eigenvalue weighted by molar-refractivity contribution is 7.89. The zero-order chi connectivity index (χ0) is 21.7. The van der Waals surface area contributed by atoms with E-state index in [9.17, 15) is 13.2 Å². The first-order chi connectivity index (χ1) is 14.3. The number of nitrogens with zero attached hydrogens (tertiary/aromatic N) is 1. The maximum absolute atomic E-state index is 12.7. The zero-order valence-corrected chi connectivity index (χ0v) is 18.4. The van der Waals surface area contributed by atoms with Gasteiger partial charge in [-0.3, -0.25) is 9.69 Å². The van der Waals surface area contributed by atoms with Gasteiger partial charge in [-0.25, -0.2) is 13.1 Å². The number of hydrogen-bond donors (Lipinski definition) is 2. The molecule has 0 bridgehead atoms. The molecule has 30 heavy (non-hydrogen) atoms. The lowest BCUT2D eigenvalue weighted by Crippen LogP contribution is -2.44. The van der Waals surface area contributed by atoms with Crippen molar-refractivity contribution in [2.75, 3.05) is 18.4 Å². The van der Waals surface area contributed by atoms with Crippen molar-refractivity contribution in [1.29, 1.82) is 0 Å². The Morgan fingerprint density at radius 1 is 1.00 bits per heavy atom. The van der Waals surface area contributed by atoms with Gasteiger partial charge in [0.25, 0.3) is 0 Å². The van der Waals surface area contributed by atoms with E-state index < -0.39 is 10.0 Å². The summed E-state index contributed by atoms with van der Waals surface area (Å²) in [5, 5.41) is 2.88. The molecule has 0 aliphatic carbocycles. The van der Waals surface area contributed by atoms with E-state index in [-0.39, 0.29) is 22.9 Å². The maximum Gasteiger partial charge on any atom is 0.241 e. The molecule has 0 fully saturated rings. The predicted molar refractivity (Wildman–Crippen MR) is 121 cm³/mol. The van der Waals surface area contributed by atoms with Crippen LogP contribution in [0, 0.1) is 0 Å². The standard InChI is InChI=1S/C23H29N3O3S/c1-17(2)25-30(28,29)22-11-9-21(10-12-22)24-23(27)18(3)26-15-13-20(14-16-26)19-7-5-4-6-8-19/h4-13,17-18,25H,14-16H2,1-3H3,(H,24,27)/t18-/m1/s1. The summed E-state index contributed by atoms with van der Waals surface area (Å²) < 4.78 is 27.0. The van der Waals surface area contributed by atoms with E-state index >= 15 is 0 Å². The molecule has 0 unspecified atom stereocenters. The van der Waals surface area contributed by atoms with Crippen LogP contribution in [0.5, 0.6) is 0 Å². The molecule has 1 atom stereocenters. The number of sulfonamides is 1. The third-order valence-electron chi connectivity index (χ3n) is 5.14. The summed E-state index contributed by atoms with van der Waals surface area (Å²) in [6, 6.07) is 16.1. The molecular formula is C23H29N3O3S. The van der Waals surface area contributed by atoms with E-state index in [0.717, 1.165) is 19.5 Å². The number of rotatable bonds is 7. The van der Waals surface area contributed by atoms with Crippen molar-refractivity contribution in [3.05, 3.63) is 66.2 Å². The van der Waals surface area contributed by atoms with Crippen molar-refractivity contribution >= 4 is 27.2 Å². The smallest absolute Gasteiger partial charge is 0.241 e. The molecule has 7 heteroatoms. The van der Waals surface area contributed by atoms with E-state index in [4.69, 9.17) is 0 Å². The molecule has 1 aliphatic rings.